The second-order valence-electron chi connectivity index (χ2n) is 8.38. The number of amides is 4. The van der Waals surface area contributed by atoms with E-state index in [2.05, 4.69) is 10.6 Å². The van der Waals surface area contributed by atoms with Crippen molar-refractivity contribution in [3.05, 3.63) is 59.7 Å². The number of nitrogens with zero attached hydrogens (tertiary/aromatic N) is 1. The molecule has 1 saturated heterocycles. The van der Waals surface area contributed by atoms with Gasteiger partial charge in [-0.25, -0.2) is 13.6 Å². The lowest BCUT2D eigenvalue weighted by molar-refractivity contribution is -0.135. The molecule has 2 fully saturated rings. The average molecular weight is 455 g/mol. The van der Waals surface area contributed by atoms with E-state index in [4.69, 9.17) is 0 Å². The van der Waals surface area contributed by atoms with Gasteiger partial charge in [0, 0.05) is 31.0 Å². The SMILES string of the molecule is CNC(=O)c1ccccc1-c1ccc(C(=O)CN2C(=O)NC3(CCC(F)(F)CC3)C2=O)cc1. The Balaban J connectivity index is 1.48. The Labute approximate surface area is 189 Å². The molecule has 0 atom stereocenters. The second kappa shape index (κ2) is 8.38. The first-order valence-electron chi connectivity index (χ1n) is 10.6. The van der Waals surface area contributed by atoms with Gasteiger partial charge in [0.1, 0.15) is 5.54 Å². The summed E-state index contributed by atoms with van der Waals surface area (Å²) >= 11 is 0. The van der Waals surface area contributed by atoms with Gasteiger partial charge in [0.15, 0.2) is 5.78 Å². The number of hydrogen-bond donors (Lipinski definition) is 2. The van der Waals surface area contributed by atoms with Crippen LogP contribution in [0.5, 0.6) is 0 Å². The summed E-state index contributed by atoms with van der Waals surface area (Å²) in [5, 5.41) is 5.12. The zero-order valence-electron chi connectivity index (χ0n) is 18.0. The van der Waals surface area contributed by atoms with E-state index in [1.165, 1.54) is 0 Å². The number of nitrogens with one attached hydrogen (secondary N) is 2. The Kier molecular flexibility index (Phi) is 5.73. The van der Waals surface area contributed by atoms with Crippen molar-refractivity contribution >= 4 is 23.6 Å². The van der Waals surface area contributed by atoms with E-state index in [1.807, 2.05) is 0 Å². The molecular weight excluding hydrogens is 432 g/mol. The Morgan fingerprint density at radius 3 is 2.27 bits per heavy atom. The third-order valence-corrected chi connectivity index (χ3v) is 6.30. The quantitative estimate of drug-likeness (QED) is 0.534. The number of imide groups is 1. The number of Topliss-reactive ketones (excluding diaryl/α,β-unsaturated/α-hetero) is 1. The lowest BCUT2D eigenvalue weighted by Gasteiger charge is -2.34. The van der Waals surface area contributed by atoms with Crippen molar-refractivity contribution in [1.82, 2.24) is 15.5 Å². The fourth-order valence-electron chi connectivity index (χ4n) is 4.34. The van der Waals surface area contributed by atoms with E-state index < -0.39 is 48.6 Å². The molecule has 1 spiro atoms. The van der Waals surface area contributed by atoms with Crippen molar-refractivity contribution in [3.8, 4) is 11.1 Å². The molecule has 0 aromatic heterocycles. The van der Waals surface area contributed by atoms with Gasteiger partial charge >= 0.3 is 6.03 Å². The number of benzene rings is 2. The lowest BCUT2D eigenvalue weighted by atomic mass is 9.80. The molecule has 7 nitrogen and oxygen atoms in total. The number of urea groups is 1. The van der Waals surface area contributed by atoms with E-state index in [0.29, 0.717) is 11.1 Å². The third kappa shape index (κ3) is 4.22. The first-order chi connectivity index (χ1) is 15.7. The van der Waals surface area contributed by atoms with E-state index in [9.17, 15) is 28.0 Å². The summed E-state index contributed by atoms with van der Waals surface area (Å²) in [6.45, 7) is -0.475. The molecule has 4 rings (SSSR count). The molecule has 1 saturated carbocycles. The smallest absolute Gasteiger partial charge is 0.325 e. The summed E-state index contributed by atoms with van der Waals surface area (Å²) in [6, 6.07) is 12.8. The fraction of sp³-hybridized carbons (Fsp3) is 0.333. The Bertz CT molecular complexity index is 1120. The topological polar surface area (TPSA) is 95.6 Å². The van der Waals surface area contributed by atoms with Crippen LogP contribution in [0.1, 0.15) is 46.4 Å². The van der Waals surface area contributed by atoms with Crippen LogP contribution in [-0.4, -0.2) is 53.6 Å². The van der Waals surface area contributed by atoms with Gasteiger partial charge in [0.05, 0.1) is 6.54 Å². The minimum atomic E-state index is -2.85. The first-order valence-corrected chi connectivity index (χ1v) is 10.6. The summed E-state index contributed by atoms with van der Waals surface area (Å²) < 4.78 is 27.0. The van der Waals surface area contributed by atoms with E-state index in [1.54, 1.807) is 55.6 Å². The lowest BCUT2D eigenvalue weighted by Crippen LogP contribution is -2.51. The maximum Gasteiger partial charge on any atom is 0.325 e. The van der Waals surface area contributed by atoms with Crippen LogP contribution >= 0.6 is 0 Å². The molecular formula is C24H23F2N3O4. The molecule has 9 heteroatoms. The molecule has 1 aliphatic carbocycles. The summed E-state index contributed by atoms with van der Waals surface area (Å²) in [5.41, 5.74) is 0.838. The molecule has 2 aromatic rings. The van der Waals surface area contributed by atoms with E-state index in [0.717, 1.165) is 10.5 Å². The van der Waals surface area contributed by atoms with Crippen LogP contribution in [0.15, 0.2) is 48.5 Å². The first kappa shape index (κ1) is 22.6. The number of hydrogen-bond acceptors (Lipinski definition) is 4. The van der Waals surface area contributed by atoms with Gasteiger partial charge in [0.25, 0.3) is 11.8 Å². The molecule has 2 aliphatic rings. The third-order valence-electron chi connectivity index (χ3n) is 6.30. The number of ketones is 1. The molecule has 0 bridgehead atoms. The Hall–Kier alpha value is -3.62. The molecule has 2 N–H and O–H groups in total. The van der Waals surface area contributed by atoms with Crippen molar-refractivity contribution in [2.45, 2.75) is 37.1 Å². The monoisotopic (exact) mass is 455 g/mol. The van der Waals surface area contributed by atoms with Gasteiger partial charge in [-0.05, 0) is 30.0 Å². The van der Waals surface area contributed by atoms with Crippen LogP contribution in [0, 0.1) is 0 Å². The standard InChI is InChI=1S/C24H23F2N3O4/c1-27-20(31)18-5-3-2-4-17(18)15-6-8-16(9-7-15)19(30)14-29-21(32)23(28-22(29)33)10-12-24(25,26)13-11-23/h2-9H,10-14H2,1H3,(H,27,31)(H,28,33). The molecule has 172 valence electrons. The highest BCUT2D eigenvalue weighted by molar-refractivity contribution is 6.11. The highest BCUT2D eigenvalue weighted by Crippen LogP contribution is 2.41. The Morgan fingerprint density at radius 1 is 1.00 bits per heavy atom. The maximum atomic E-state index is 13.5. The van der Waals surface area contributed by atoms with Gasteiger partial charge in [-0.15, -0.1) is 0 Å². The van der Waals surface area contributed by atoms with Gasteiger partial charge in [0.2, 0.25) is 5.92 Å². The van der Waals surface area contributed by atoms with Gasteiger partial charge in [-0.3, -0.25) is 19.3 Å². The molecule has 2 aromatic carbocycles. The van der Waals surface area contributed by atoms with Crippen LogP contribution in [0.3, 0.4) is 0 Å². The average Bonchev–Trinajstić information content (AvgIpc) is 3.05. The summed E-state index contributed by atoms with van der Waals surface area (Å²) in [7, 11) is 1.54. The van der Waals surface area contributed by atoms with Crippen molar-refractivity contribution in [2.75, 3.05) is 13.6 Å². The highest BCUT2D eigenvalue weighted by atomic mass is 19.3. The molecule has 1 heterocycles. The number of alkyl halides is 2. The van der Waals surface area contributed by atoms with Gasteiger partial charge in [-0.2, -0.15) is 0 Å². The van der Waals surface area contributed by atoms with Crippen LogP contribution in [0.2, 0.25) is 0 Å². The van der Waals surface area contributed by atoms with Crippen LogP contribution in [-0.2, 0) is 4.79 Å². The summed E-state index contributed by atoms with van der Waals surface area (Å²) in [4.78, 5) is 50.9. The predicted molar refractivity (Wildman–Crippen MR) is 116 cm³/mol. The van der Waals surface area contributed by atoms with Crippen molar-refractivity contribution < 1.29 is 28.0 Å². The largest absolute Gasteiger partial charge is 0.355 e. The van der Waals surface area contributed by atoms with Crippen molar-refractivity contribution in [3.63, 3.8) is 0 Å². The summed E-state index contributed by atoms with van der Waals surface area (Å²) in [6.07, 6.45) is -1.29. The Morgan fingerprint density at radius 2 is 1.64 bits per heavy atom. The van der Waals surface area contributed by atoms with Crippen molar-refractivity contribution in [1.29, 1.82) is 0 Å². The fourth-order valence-corrected chi connectivity index (χ4v) is 4.34. The normalized spacial score (nSPS) is 18.8. The van der Waals surface area contributed by atoms with E-state index >= 15 is 0 Å². The molecule has 0 unspecified atom stereocenters. The van der Waals surface area contributed by atoms with Gasteiger partial charge < -0.3 is 10.6 Å². The molecule has 33 heavy (non-hydrogen) atoms. The number of halogens is 2. The second-order valence-corrected chi connectivity index (χ2v) is 8.38. The molecule has 4 amide bonds. The highest BCUT2D eigenvalue weighted by Gasteiger charge is 2.55. The molecule has 1 aliphatic heterocycles. The predicted octanol–water partition coefficient (Wildman–Crippen LogP) is 3.40. The number of carbonyl (C=O) groups is 4. The van der Waals surface area contributed by atoms with Gasteiger partial charge in [-0.1, -0.05) is 42.5 Å². The minimum absolute atomic E-state index is 0.158. The maximum absolute atomic E-state index is 13.5. The van der Waals surface area contributed by atoms with Crippen LogP contribution in [0.4, 0.5) is 13.6 Å². The van der Waals surface area contributed by atoms with Crippen molar-refractivity contribution in [2.24, 2.45) is 0 Å². The number of carbonyl (C=O) groups excluding carboxylic acids is 4. The summed E-state index contributed by atoms with van der Waals surface area (Å²) in [5.74, 6) is -4.17. The van der Waals surface area contributed by atoms with E-state index in [-0.39, 0.29) is 24.3 Å². The minimum Gasteiger partial charge on any atom is -0.355 e. The zero-order valence-corrected chi connectivity index (χ0v) is 18.0. The number of rotatable bonds is 5. The molecule has 0 radical (unpaired) electrons. The van der Waals surface area contributed by atoms with Crippen LogP contribution in [0.25, 0.3) is 11.1 Å². The zero-order chi connectivity index (χ0) is 23.8. The van der Waals surface area contributed by atoms with Crippen LogP contribution < -0.4 is 10.6 Å².